The van der Waals surface area contributed by atoms with Gasteiger partial charge >= 0.3 is 11.8 Å². The van der Waals surface area contributed by atoms with E-state index in [4.69, 9.17) is 19.9 Å². The molecule has 4 aromatic rings. The Kier molecular flexibility index (Phi) is 9.08. The van der Waals surface area contributed by atoms with E-state index in [1.54, 1.807) is 56.0 Å². The lowest BCUT2D eigenvalue weighted by Crippen LogP contribution is -2.41. The van der Waals surface area contributed by atoms with Gasteiger partial charge in [-0.1, -0.05) is 0 Å². The highest BCUT2D eigenvalue weighted by Crippen LogP contribution is 2.38. The number of rotatable bonds is 10. The number of nitrogens with two attached hydrogens (primary N) is 1. The van der Waals surface area contributed by atoms with Crippen molar-refractivity contribution in [3.8, 4) is 23.0 Å². The quantitative estimate of drug-likeness (QED) is 0.273. The van der Waals surface area contributed by atoms with Crippen molar-refractivity contribution < 1.29 is 28.2 Å². The number of carbonyl (C=O) groups is 2. The highest BCUT2D eigenvalue weighted by Gasteiger charge is 2.23. The highest BCUT2D eigenvalue weighted by molar-refractivity contribution is 6.39. The van der Waals surface area contributed by atoms with E-state index in [0.717, 1.165) is 42.5 Å². The van der Waals surface area contributed by atoms with Gasteiger partial charge in [0.2, 0.25) is 0 Å². The average Bonchev–Trinajstić information content (AvgIpc) is 3.01. The number of pyridine rings is 2. The van der Waals surface area contributed by atoms with E-state index in [0.29, 0.717) is 47.1 Å². The van der Waals surface area contributed by atoms with Crippen LogP contribution in [0, 0.1) is 11.7 Å². The number of benzene rings is 2. The molecule has 0 bridgehead atoms. The molecule has 42 heavy (non-hydrogen) atoms. The van der Waals surface area contributed by atoms with Crippen molar-refractivity contribution in [1.29, 1.82) is 0 Å². The number of amides is 2. The Labute approximate surface area is 242 Å². The van der Waals surface area contributed by atoms with E-state index in [2.05, 4.69) is 15.3 Å². The number of ether oxygens (including phenoxy) is 3. The molecule has 0 spiro atoms. The maximum absolute atomic E-state index is 15.4. The van der Waals surface area contributed by atoms with Crippen molar-refractivity contribution in [3.63, 3.8) is 0 Å². The molecule has 0 atom stereocenters. The van der Waals surface area contributed by atoms with Gasteiger partial charge in [-0.2, -0.15) is 0 Å². The molecule has 0 radical (unpaired) electrons. The second-order valence-corrected chi connectivity index (χ2v) is 9.98. The highest BCUT2D eigenvalue weighted by atomic mass is 19.1. The summed E-state index contributed by atoms with van der Waals surface area (Å²) in [6.45, 7) is 2.65. The smallest absolute Gasteiger partial charge is 0.316 e. The van der Waals surface area contributed by atoms with Gasteiger partial charge in [0.15, 0.2) is 23.1 Å². The molecule has 2 amide bonds. The number of carbonyl (C=O) groups excluding carboxylic acids is 2. The SMILES string of the molecule is COc1cc2c(Oc3ccc(N(CCc4ccncc4)C(=O)C(N)=O)cc3F)ccnc2cc1OCC1CCNCC1. The van der Waals surface area contributed by atoms with Gasteiger partial charge < -0.3 is 30.2 Å². The zero-order valence-corrected chi connectivity index (χ0v) is 23.2. The van der Waals surface area contributed by atoms with E-state index < -0.39 is 17.6 Å². The molecule has 2 aromatic carbocycles. The predicted molar refractivity (Wildman–Crippen MR) is 155 cm³/mol. The number of halogens is 1. The van der Waals surface area contributed by atoms with Crippen LogP contribution in [0.2, 0.25) is 0 Å². The zero-order chi connectivity index (χ0) is 29.5. The summed E-state index contributed by atoms with van der Waals surface area (Å²) >= 11 is 0. The molecule has 3 heterocycles. The van der Waals surface area contributed by atoms with Crippen LogP contribution in [-0.2, 0) is 16.0 Å². The first-order chi connectivity index (χ1) is 20.4. The molecule has 218 valence electrons. The Morgan fingerprint density at radius 3 is 2.50 bits per heavy atom. The number of nitrogens with zero attached hydrogens (tertiary/aromatic N) is 3. The van der Waals surface area contributed by atoms with Crippen LogP contribution in [-0.4, -0.2) is 55.1 Å². The summed E-state index contributed by atoms with van der Waals surface area (Å²) in [7, 11) is 1.56. The Balaban J connectivity index is 1.36. The average molecular weight is 574 g/mol. The van der Waals surface area contributed by atoms with Crippen LogP contribution in [0.25, 0.3) is 10.9 Å². The molecular weight excluding hydrogens is 541 g/mol. The Morgan fingerprint density at radius 2 is 1.79 bits per heavy atom. The fourth-order valence-corrected chi connectivity index (χ4v) is 4.88. The van der Waals surface area contributed by atoms with E-state index in [-0.39, 0.29) is 18.0 Å². The normalized spacial score (nSPS) is 13.5. The van der Waals surface area contributed by atoms with Crippen LogP contribution in [0.1, 0.15) is 18.4 Å². The number of hydrogen-bond donors (Lipinski definition) is 2. The third kappa shape index (κ3) is 6.74. The second kappa shape index (κ2) is 13.3. The number of fused-ring (bicyclic) bond motifs is 1. The summed E-state index contributed by atoms with van der Waals surface area (Å²) in [5.41, 5.74) is 6.94. The van der Waals surface area contributed by atoms with Crippen LogP contribution >= 0.6 is 0 Å². The van der Waals surface area contributed by atoms with E-state index in [1.165, 1.54) is 12.1 Å². The molecule has 5 rings (SSSR count). The third-order valence-electron chi connectivity index (χ3n) is 7.20. The minimum Gasteiger partial charge on any atom is -0.493 e. The maximum atomic E-state index is 15.4. The maximum Gasteiger partial charge on any atom is 0.316 e. The van der Waals surface area contributed by atoms with Crippen molar-refractivity contribution in [2.75, 3.05) is 38.3 Å². The molecule has 10 nitrogen and oxygen atoms in total. The lowest BCUT2D eigenvalue weighted by Gasteiger charge is -2.23. The molecule has 0 unspecified atom stereocenters. The van der Waals surface area contributed by atoms with E-state index in [9.17, 15) is 9.59 Å². The fourth-order valence-electron chi connectivity index (χ4n) is 4.88. The number of methoxy groups -OCH3 is 1. The van der Waals surface area contributed by atoms with E-state index in [1.807, 2.05) is 0 Å². The third-order valence-corrected chi connectivity index (χ3v) is 7.20. The van der Waals surface area contributed by atoms with Crippen molar-refractivity contribution in [1.82, 2.24) is 15.3 Å². The van der Waals surface area contributed by atoms with Crippen LogP contribution in [0.4, 0.5) is 10.1 Å². The van der Waals surface area contributed by atoms with Gasteiger partial charge in [-0.25, -0.2) is 4.39 Å². The molecule has 0 saturated carbocycles. The first kappa shape index (κ1) is 28.7. The number of aromatic nitrogens is 2. The van der Waals surface area contributed by atoms with Gasteiger partial charge in [-0.3, -0.25) is 19.6 Å². The number of primary amides is 1. The van der Waals surface area contributed by atoms with Crippen LogP contribution in [0.3, 0.4) is 0 Å². The summed E-state index contributed by atoms with van der Waals surface area (Å²) in [4.78, 5) is 33.9. The van der Waals surface area contributed by atoms with Gasteiger partial charge in [0, 0.05) is 48.3 Å². The van der Waals surface area contributed by atoms with Crippen LogP contribution in [0.15, 0.2) is 67.1 Å². The first-order valence-electron chi connectivity index (χ1n) is 13.7. The molecule has 0 aliphatic carbocycles. The van der Waals surface area contributed by atoms with Crippen LogP contribution in [0.5, 0.6) is 23.0 Å². The number of anilines is 1. The molecule has 11 heteroatoms. The predicted octanol–water partition coefficient (Wildman–Crippen LogP) is 4.01. The van der Waals surface area contributed by atoms with Gasteiger partial charge in [0.25, 0.3) is 0 Å². The Morgan fingerprint density at radius 1 is 1.00 bits per heavy atom. The number of piperidine rings is 1. The lowest BCUT2D eigenvalue weighted by molar-refractivity contribution is -0.135. The molecule has 2 aromatic heterocycles. The summed E-state index contributed by atoms with van der Waals surface area (Å²) in [6, 6.07) is 12.8. The van der Waals surface area contributed by atoms with Crippen molar-refractivity contribution >= 4 is 28.4 Å². The summed E-state index contributed by atoms with van der Waals surface area (Å²) in [6.07, 6.45) is 7.34. The van der Waals surface area contributed by atoms with Crippen molar-refractivity contribution in [3.05, 3.63) is 78.5 Å². The molecule has 1 aliphatic rings. The lowest BCUT2D eigenvalue weighted by atomic mass is 9.99. The van der Waals surface area contributed by atoms with Crippen LogP contribution < -0.4 is 30.2 Å². The number of nitrogens with one attached hydrogen (secondary N) is 1. The van der Waals surface area contributed by atoms with Gasteiger partial charge in [0.05, 0.1) is 19.2 Å². The van der Waals surface area contributed by atoms with Gasteiger partial charge in [-0.05, 0) is 80.2 Å². The minimum absolute atomic E-state index is 0.0722. The second-order valence-electron chi connectivity index (χ2n) is 9.98. The van der Waals surface area contributed by atoms with Crippen molar-refractivity contribution in [2.24, 2.45) is 11.7 Å². The first-order valence-corrected chi connectivity index (χ1v) is 13.7. The zero-order valence-electron chi connectivity index (χ0n) is 23.2. The molecule has 3 N–H and O–H groups in total. The molecule has 1 saturated heterocycles. The summed E-state index contributed by atoms with van der Waals surface area (Å²) < 4.78 is 33.0. The Bertz CT molecular complexity index is 1560. The van der Waals surface area contributed by atoms with Gasteiger partial charge in [-0.15, -0.1) is 0 Å². The topological polar surface area (TPSA) is 129 Å². The Hall–Kier alpha value is -4.77. The monoisotopic (exact) mass is 573 g/mol. The van der Waals surface area contributed by atoms with Crippen molar-refractivity contribution in [2.45, 2.75) is 19.3 Å². The molecule has 1 aliphatic heterocycles. The van der Waals surface area contributed by atoms with Gasteiger partial charge in [0.1, 0.15) is 5.75 Å². The summed E-state index contributed by atoms with van der Waals surface area (Å²) in [5.74, 6) is -0.962. The largest absolute Gasteiger partial charge is 0.493 e. The minimum atomic E-state index is -1.14. The fraction of sp³-hybridized carbons (Fsp3) is 0.290. The molecular formula is C31H32FN5O5. The summed E-state index contributed by atoms with van der Waals surface area (Å²) in [5, 5.41) is 3.96. The molecule has 1 fully saturated rings. The standard InChI is InChI=1S/C31H32FN5O5/c1-40-28-17-23-25(18-29(28)41-19-21-6-12-35-13-7-21)36-14-8-26(23)42-27-3-2-22(16-24(27)32)37(31(39)30(33)38)15-9-20-4-10-34-11-5-20/h2-5,8,10-11,14,16-18,21,35H,6-7,9,12-13,15,19H2,1H3,(H2,33,38). The number of hydrogen-bond acceptors (Lipinski definition) is 8. The van der Waals surface area contributed by atoms with E-state index >= 15 is 4.39 Å².